The van der Waals surface area contributed by atoms with Gasteiger partial charge in [-0.15, -0.1) is 0 Å². The highest BCUT2D eigenvalue weighted by molar-refractivity contribution is 7.92. The highest BCUT2D eigenvalue weighted by atomic mass is 32.2. The van der Waals surface area contributed by atoms with Gasteiger partial charge in [-0.2, -0.15) is 20.5 Å². The third-order valence-corrected chi connectivity index (χ3v) is 6.10. The number of hydrogen-bond donors (Lipinski definition) is 3. The van der Waals surface area contributed by atoms with E-state index in [0.717, 1.165) is 0 Å². The number of nitrogens with one attached hydrogen (secondary N) is 3. The summed E-state index contributed by atoms with van der Waals surface area (Å²) in [5, 5.41) is 17.1. The lowest BCUT2D eigenvalue weighted by Gasteiger charge is -2.10. The van der Waals surface area contributed by atoms with Gasteiger partial charge in [0.15, 0.2) is 5.82 Å². The third kappa shape index (κ3) is 4.27. The molecule has 3 N–H and O–H groups in total. The summed E-state index contributed by atoms with van der Waals surface area (Å²) >= 11 is 0. The Morgan fingerprint density at radius 2 is 1.82 bits per heavy atom. The molecule has 0 saturated carbocycles. The van der Waals surface area contributed by atoms with Gasteiger partial charge in [0.05, 0.1) is 16.8 Å². The second kappa shape index (κ2) is 8.16. The van der Waals surface area contributed by atoms with Crippen LogP contribution in [0.25, 0.3) is 16.9 Å². The molecule has 164 valence electrons. The van der Waals surface area contributed by atoms with Crippen LogP contribution in [-0.2, 0) is 10.0 Å². The van der Waals surface area contributed by atoms with Gasteiger partial charge < -0.3 is 5.32 Å². The summed E-state index contributed by atoms with van der Waals surface area (Å²) in [6.07, 6.45) is 4.92. The van der Waals surface area contributed by atoms with Gasteiger partial charge in [0.25, 0.3) is 15.9 Å². The van der Waals surface area contributed by atoms with Gasteiger partial charge in [0.1, 0.15) is 11.0 Å². The van der Waals surface area contributed by atoms with E-state index in [9.17, 15) is 13.2 Å². The van der Waals surface area contributed by atoms with Crippen molar-refractivity contribution >= 4 is 38.3 Å². The summed E-state index contributed by atoms with van der Waals surface area (Å²) in [6.45, 7) is 0. The topological polar surface area (TPSA) is 148 Å². The molecule has 33 heavy (non-hydrogen) atoms. The van der Waals surface area contributed by atoms with Crippen LogP contribution >= 0.6 is 0 Å². The Labute approximate surface area is 187 Å². The van der Waals surface area contributed by atoms with Gasteiger partial charge in [-0.05, 0) is 54.6 Å². The van der Waals surface area contributed by atoms with Crippen molar-refractivity contribution in [2.45, 2.75) is 4.90 Å². The number of carbonyl (C=O) groups excluding carboxylic acids is 1. The van der Waals surface area contributed by atoms with Crippen LogP contribution in [0.5, 0.6) is 0 Å². The van der Waals surface area contributed by atoms with Crippen LogP contribution in [0.15, 0.2) is 84.1 Å². The number of aromatic nitrogens is 6. The second-order valence-corrected chi connectivity index (χ2v) is 8.65. The molecule has 5 rings (SSSR count). The predicted octanol–water partition coefficient (Wildman–Crippen LogP) is 2.59. The Kier molecular flexibility index (Phi) is 5.03. The minimum Gasteiger partial charge on any atom is -0.321 e. The number of pyridine rings is 1. The Morgan fingerprint density at radius 1 is 0.939 bits per heavy atom. The molecule has 0 spiro atoms. The van der Waals surface area contributed by atoms with Gasteiger partial charge >= 0.3 is 0 Å². The number of carbonyl (C=O) groups is 1. The molecular weight excluding hydrogens is 444 g/mol. The van der Waals surface area contributed by atoms with Crippen molar-refractivity contribution in [1.29, 1.82) is 0 Å². The minimum absolute atomic E-state index is 0.0297. The van der Waals surface area contributed by atoms with Crippen molar-refractivity contribution in [2.24, 2.45) is 0 Å². The summed E-state index contributed by atoms with van der Waals surface area (Å²) in [5.41, 5.74) is 1.99. The molecular formula is C21H16N8O3S. The first-order chi connectivity index (χ1) is 16.0. The molecule has 0 atom stereocenters. The van der Waals surface area contributed by atoms with E-state index in [0.29, 0.717) is 22.5 Å². The highest BCUT2D eigenvalue weighted by Crippen LogP contribution is 2.20. The van der Waals surface area contributed by atoms with Crippen molar-refractivity contribution in [2.75, 3.05) is 10.0 Å². The van der Waals surface area contributed by atoms with Crippen LogP contribution < -0.4 is 10.0 Å². The maximum absolute atomic E-state index is 12.8. The molecule has 12 heteroatoms. The maximum Gasteiger partial charge on any atom is 0.261 e. The zero-order chi connectivity index (χ0) is 22.8. The maximum atomic E-state index is 12.8. The van der Waals surface area contributed by atoms with Crippen molar-refractivity contribution < 1.29 is 13.2 Å². The largest absolute Gasteiger partial charge is 0.321 e. The average molecular weight is 460 g/mol. The lowest BCUT2D eigenvalue weighted by atomic mass is 10.2. The molecule has 0 aliphatic carbocycles. The number of hydrogen-bond acceptors (Lipinski definition) is 7. The molecule has 3 aromatic heterocycles. The zero-order valence-corrected chi connectivity index (χ0v) is 17.7. The molecule has 0 aliphatic rings. The molecule has 0 radical (unpaired) electrons. The van der Waals surface area contributed by atoms with E-state index in [4.69, 9.17) is 0 Å². The first-order valence-electron chi connectivity index (χ1n) is 9.69. The summed E-state index contributed by atoms with van der Waals surface area (Å²) in [6, 6.07) is 15.8. The zero-order valence-electron chi connectivity index (χ0n) is 16.9. The summed E-state index contributed by atoms with van der Waals surface area (Å²) in [4.78, 5) is 17.0. The Balaban J connectivity index is 1.31. The fraction of sp³-hybridized carbons (Fsp3) is 0. The highest BCUT2D eigenvalue weighted by Gasteiger charge is 2.17. The molecule has 0 fully saturated rings. The van der Waals surface area contributed by atoms with Crippen LogP contribution in [0.4, 0.5) is 11.4 Å². The van der Waals surface area contributed by atoms with Crippen molar-refractivity contribution in [1.82, 2.24) is 30.2 Å². The van der Waals surface area contributed by atoms with Crippen LogP contribution in [0.3, 0.4) is 0 Å². The number of anilines is 2. The standard InChI is InChI=1S/C21H16N8O3S/c30-21(24-16-5-8-20(22-13-16)29-10-2-9-23-29)14-3-1-4-15(11-14)27-33(31,32)17-6-7-18-19(12-17)26-28-25-18/h1-13,27H,(H,24,30)(H,25,26,28). The van der Waals surface area contributed by atoms with E-state index in [1.54, 1.807) is 59.5 Å². The van der Waals surface area contributed by atoms with E-state index >= 15 is 0 Å². The van der Waals surface area contributed by atoms with E-state index in [1.807, 2.05) is 0 Å². The Bertz CT molecular complexity index is 1540. The third-order valence-electron chi connectivity index (χ3n) is 4.72. The van der Waals surface area contributed by atoms with Crippen molar-refractivity contribution in [3.63, 3.8) is 0 Å². The number of H-pyrrole nitrogens is 1. The second-order valence-electron chi connectivity index (χ2n) is 6.97. The fourth-order valence-electron chi connectivity index (χ4n) is 3.13. The molecule has 3 heterocycles. The van der Waals surface area contributed by atoms with E-state index < -0.39 is 15.9 Å². The van der Waals surface area contributed by atoms with Gasteiger partial charge in [0.2, 0.25) is 0 Å². The minimum atomic E-state index is -3.89. The molecule has 11 nitrogen and oxygen atoms in total. The van der Waals surface area contributed by atoms with E-state index in [-0.39, 0.29) is 16.1 Å². The quantitative estimate of drug-likeness (QED) is 0.353. The Morgan fingerprint density at radius 3 is 2.61 bits per heavy atom. The van der Waals surface area contributed by atoms with Crippen molar-refractivity contribution in [3.05, 3.63) is 84.8 Å². The molecule has 5 aromatic rings. The summed E-state index contributed by atoms with van der Waals surface area (Å²) in [7, 11) is -3.89. The summed E-state index contributed by atoms with van der Waals surface area (Å²) in [5.74, 6) is 0.201. The van der Waals surface area contributed by atoms with Crippen LogP contribution in [-0.4, -0.2) is 44.5 Å². The lowest BCUT2D eigenvalue weighted by Crippen LogP contribution is -2.15. The summed E-state index contributed by atoms with van der Waals surface area (Å²) < 4.78 is 29.7. The van der Waals surface area contributed by atoms with Gasteiger partial charge in [-0.25, -0.2) is 18.1 Å². The number of rotatable bonds is 6. The first kappa shape index (κ1) is 20.3. The number of nitrogens with zero attached hydrogens (tertiary/aromatic N) is 5. The number of fused-ring (bicyclic) bond motifs is 1. The molecule has 1 amide bonds. The Hall–Kier alpha value is -4.58. The first-order valence-corrected chi connectivity index (χ1v) is 11.2. The number of amides is 1. The van der Waals surface area contributed by atoms with Crippen molar-refractivity contribution in [3.8, 4) is 5.82 Å². The predicted molar refractivity (Wildman–Crippen MR) is 120 cm³/mol. The van der Waals surface area contributed by atoms with Gasteiger partial charge in [-0.1, -0.05) is 6.07 Å². The smallest absolute Gasteiger partial charge is 0.261 e. The molecule has 0 unspecified atom stereocenters. The monoisotopic (exact) mass is 460 g/mol. The molecule has 0 saturated heterocycles. The molecule has 2 aromatic carbocycles. The van der Waals surface area contributed by atoms with E-state index in [1.165, 1.54) is 24.4 Å². The van der Waals surface area contributed by atoms with Crippen LogP contribution in [0.1, 0.15) is 10.4 Å². The average Bonchev–Trinajstić information content (AvgIpc) is 3.51. The molecule has 0 bridgehead atoms. The lowest BCUT2D eigenvalue weighted by molar-refractivity contribution is 0.102. The molecule has 0 aliphatic heterocycles. The van der Waals surface area contributed by atoms with Gasteiger partial charge in [0, 0.05) is 23.6 Å². The normalized spacial score (nSPS) is 11.4. The number of sulfonamides is 1. The fourth-order valence-corrected chi connectivity index (χ4v) is 4.20. The van der Waals surface area contributed by atoms with Crippen LogP contribution in [0, 0.1) is 0 Å². The number of benzene rings is 2. The van der Waals surface area contributed by atoms with Gasteiger partial charge in [-0.3, -0.25) is 9.52 Å². The number of aromatic amines is 1. The van der Waals surface area contributed by atoms with E-state index in [2.05, 4.69) is 35.5 Å². The van der Waals surface area contributed by atoms with Crippen LogP contribution in [0.2, 0.25) is 0 Å². The SMILES string of the molecule is O=C(Nc1ccc(-n2cccn2)nc1)c1cccc(NS(=O)(=O)c2ccc3n[nH]nc3c2)c1.